The Morgan fingerprint density at radius 2 is 1.86 bits per heavy atom. The number of methoxy groups -OCH3 is 2. The zero-order chi connectivity index (χ0) is 15.4. The summed E-state index contributed by atoms with van der Waals surface area (Å²) < 4.78 is 12.8. The van der Waals surface area contributed by atoms with E-state index < -0.39 is 0 Å². The quantitative estimate of drug-likeness (QED) is 0.888. The van der Waals surface area contributed by atoms with Gasteiger partial charge in [-0.05, 0) is 17.7 Å². The van der Waals surface area contributed by atoms with Crippen LogP contribution < -0.4 is 14.8 Å². The number of aromatic nitrogens is 2. The summed E-state index contributed by atoms with van der Waals surface area (Å²) in [5.41, 5.74) is 2.18. The van der Waals surface area contributed by atoms with Crippen molar-refractivity contribution in [3.8, 4) is 22.9 Å². The van der Waals surface area contributed by atoms with Crippen LogP contribution in [-0.2, 0) is 13.6 Å². The summed E-state index contributed by atoms with van der Waals surface area (Å²) in [7, 11) is 5.28. The van der Waals surface area contributed by atoms with Gasteiger partial charge >= 0.3 is 0 Å². The Kier molecular flexibility index (Phi) is 4.85. The average molecular weight is 289 g/mol. The van der Waals surface area contributed by atoms with Crippen LogP contribution in [0.25, 0.3) is 11.4 Å². The number of nitrogens with zero attached hydrogens (tertiary/aromatic N) is 2. The van der Waals surface area contributed by atoms with Crippen molar-refractivity contribution in [2.24, 2.45) is 7.05 Å². The average Bonchev–Trinajstić information content (AvgIpc) is 2.90. The Labute approximate surface area is 125 Å². The van der Waals surface area contributed by atoms with E-state index in [9.17, 15) is 0 Å². The van der Waals surface area contributed by atoms with Crippen LogP contribution in [0.3, 0.4) is 0 Å². The molecule has 0 atom stereocenters. The van der Waals surface area contributed by atoms with Gasteiger partial charge in [0.1, 0.15) is 5.82 Å². The first-order chi connectivity index (χ1) is 10.1. The van der Waals surface area contributed by atoms with Gasteiger partial charge in [0.05, 0.1) is 14.2 Å². The van der Waals surface area contributed by atoms with Gasteiger partial charge in [0.15, 0.2) is 11.5 Å². The van der Waals surface area contributed by atoms with Crippen LogP contribution in [0, 0.1) is 0 Å². The Bertz CT molecular complexity index is 606. The first-order valence-electron chi connectivity index (χ1n) is 7.02. The van der Waals surface area contributed by atoms with Gasteiger partial charge in [-0.25, -0.2) is 4.98 Å². The Balaban J connectivity index is 2.51. The maximum atomic E-state index is 5.41. The molecule has 1 N–H and O–H groups in total. The highest BCUT2D eigenvalue weighted by Crippen LogP contribution is 2.35. The maximum absolute atomic E-state index is 5.41. The third-order valence-electron chi connectivity index (χ3n) is 3.37. The van der Waals surface area contributed by atoms with E-state index in [1.165, 1.54) is 0 Å². The normalized spacial score (nSPS) is 11.0. The molecule has 0 spiro atoms. The molecule has 0 aliphatic carbocycles. The van der Waals surface area contributed by atoms with Crippen LogP contribution in [0.15, 0.2) is 24.5 Å². The lowest BCUT2D eigenvalue weighted by molar-refractivity contribution is 0.354. The predicted molar refractivity (Wildman–Crippen MR) is 83.7 cm³/mol. The largest absolute Gasteiger partial charge is 0.493 e. The van der Waals surface area contributed by atoms with Gasteiger partial charge in [0, 0.05) is 37.6 Å². The van der Waals surface area contributed by atoms with Crippen LogP contribution >= 0.6 is 0 Å². The third kappa shape index (κ3) is 3.36. The minimum absolute atomic E-state index is 0.410. The highest BCUT2D eigenvalue weighted by atomic mass is 16.5. The highest BCUT2D eigenvalue weighted by molar-refractivity contribution is 5.66. The zero-order valence-corrected chi connectivity index (χ0v) is 13.3. The molecule has 5 heteroatoms. The number of aryl methyl sites for hydroxylation is 1. The molecule has 0 unspecified atom stereocenters. The molecule has 0 bridgehead atoms. The van der Waals surface area contributed by atoms with Crippen molar-refractivity contribution in [3.63, 3.8) is 0 Å². The lowest BCUT2D eigenvalue weighted by atomic mass is 10.0. The molecule has 1 aromatic heterocycles. The highest BCUT2D eigenvalue weighted by Gasteiger charge is 2.15. The van der Waals surface area contributed by atoms with E-state index in [0.29, 0.717) is 11.8 Å². The molecule has 0 amide bonds. The van der Waals surface area contributed by atoms with Crippen molar-refractivity contribution in [2.75, 3.05) is 14.2 Å². The van der Waals surface area contributed by atoms with Gasteiger partial charge in [-0.3, -0.25) is 0 Å². The van der Waals surface area contributed by atoms with E-state index in [1.807, 2.05) is 29.9 Å². The molecule has 5 nitrogen and oxygen atoms in total. The van der Waals surface area contributed by atoms with E-state index in [2.05, 4.69) is 24.1 Å². The third-order valence-corrected chi connectivity index (χ3v) is 3.37. The second-order valence-electron chi connectivity index (χ2n) is 5.26. The molecule has 114 valence electrons. The van der Waals surface area contributed by atoms with Gasteiger partial charge in [-0.15, -0.1) is 0 Å². The summed E-state index contributed by atoms with van der Waals surface area (Å²) in [5.74, 6) is 2.36. The van der Waals surface area contributed by atoms with Crippen molar-refractivity contribution in [1.29, 1.82) is 0 Å². The van der Waals surface area contributed by atoms with Gasteiger partial charge in [-0.1, -0.05) is 13.8 Å². The minimum atomic E-state index is 0.410. The fraction of sp³-hybridized carbons (Fsp3) is 0.438. The van der Waals surface area contributed by atoms with E-state index in [4.69, 9.17) is 9.47 Å². The SMILES string of the molecule is COc1cc(CNC(C)C)c(-c2nccn2C)cc1OC. The van der Waals surface area contributed by atoms with E-state index in [0.717, 1.165) is 29.2 Å². The molecule has 2 aromatic rings. The van der Waals surface area contributed by atoms with Crippen LogP contribution in [-0.4, -0.2) is 29.8 Å². The number of benzene rings is 1. The minimum Gasteiger partial charge on any atom is -0.493 e. The second kappa shape index (κ2) is 6.63. The Morgan fingerprint density at radius 1 is 1.19 bits per heavy atom. The number of hydrogen-bond donors (Lipinski definition) is 1. The summed E-state index contributed by atoms with van der Waals surface area (Å²) >= 11 is 0. The van der Waals surface area contributed by atoms with Gasteiger partial charge in [0.2, 0.25) is 0 Å². The van der Waals surface area contributed by atoms with Crippen molar-refractivity contribution in [3.05, 3.63) is 30.1 Å². The van der Waals surface area contributed by atoms with Crippen molar-refractivity contribution in [1.82, 2.24) is 14.9 Å². The van der Waals surface area contributed by atoms with Gasteiger partial charge < -0.3 is 19.4 Å². The summed E-state index contributed by atoms with van der Waals surface area (Å²) in [6.07, 6.45) is 3.73. The van der Waals surface area contributed by atoms with Crippen molar-refractivity contribution < 1.29 is 9.47 Å². The molecule has 21 heavy (non-hydrogen) atoms. The zero-order valence-electron chi connectivity index (χ0n) is 13.3. The molecule has 2 rings (SSSR count). The number of hydrogen-bond acceptors (Lipinski definition) is 4. The predicted octanol–water partition coefficient (Wildman–Crippen LogP) is 2.60. The van der Waals surface area contributed by atoms with E-state index >= 15 is 0 Å². The molecule has 0 aliphatic rings. The fourth-order valence-corrected chi connectivity index (χ4v) is 2.21. The molecule has 0 aliphatic heterocycles. The van der Waals surface area contributed by atoms with Crippen LogP contribution in [0.4, 0.5) is 0 Å². The topological polar surface area (TPSA) is 48.3 Å². The number of ether oxygens (including phenoxy) is 2. The van der Waals surface area contributed by atoms with Crippen molar-refractivity contribution >= 4 is 0 Å². The Hall–Kier alpha value is -2.01. The van der Waals surface area contributed by atoms with Crippen LogP contribution in [0.5, 0.6) is 11.5 Å². The van der Waals surface area contributed by atoms with Crippen LogP contribution in [0.2, 0.25) is 0 Å². The number of rotatable bonds is 6. The first kappa shape index (κ1) is 15.4. The molecular formula is C16H23N3O2. The molecular weight excluding hydrogens is 266 g/mol. The van der Waals surface area contributed by atoms with Gasteiger partial charge in [0.25, 0.3) is 0 Å². The summed E-state index contributed by atoms with van der Waals surface area (Å²) in [6.45, 7) is 5.00. The summed E-state index contributed by atoms with van der Waals surface area (Å²) in [5, 5.41) is 3.44. The number of nitrogens with one attached hydrogen (secondary N) is 1. The van der Waals surface area contributed by atoms with E-state index in [1.54, 1.807) is 20.4 Å². The molecule has 0 saturated heterocycles. The first-order valence-corrected chi connectivity index (χ1v) is 7.02. The van der Waals surface area contributed by atoms with Gasteiger partial charge in [-0.2, -0.15) is 0 Å². The van der Waals surface area contributed by atoms with Crippen molar-refractivity contribution in [2.45, 2.75) is 26.4 Å². The number of imidazole rings is 1. The Morgan fingerprint density at radius 3 is 2.38 bits per heavy atom. The monoisotopic (exact) mass is 289 g/mol. The summed E-state index contributed by atoms with van der Waals surface area (Å²) in [4.78, 5) is 4.44. The summed E-state index contributed by atoms with van der Waals surface area (Å²) in [6, 6.07) is 4.41. The lowest BCUT2D eigenvalue weighted by Gasteiger charge is -2.16. The maximum Gasteiger partial charge on any atom is 0.161 e. The standard InChI is InChI=1S/C16H23N3O2/c1-11(2)18-10-12-8-14(20-4)15(21-5)9-13(12)16-17-6-7-19(16)3/h6-9,11,18H,10H2,1-5H3. The molecule has 1 heterocycles. The smallest absolute Gasteiger partial charge is 0.161 e. The molecule has 1 aromatic carbocycles. The van der Waals surface area contributed by atoms with Crippen LogP contribution in [0.1, 0.15) is 19.4 Å². The molecule has 0 fully saturated rings. The fourth-order valence-electron chi connectivity index (χ4n) is 2.21. The molecule has 0 saturated carbocycles. The lowest BCUT2D eigenvalue weighted by Crippen LogP contribution is -2.22. The second-order valence-corrected chi connectivity index (χ2v) is 5.26. The molecule has 0 radical (unpaired) electrons. The van der Waals surface area contributed by atoms with E-state index in [-0.39, 0.29) is 0 Å².